The van der Waals surface area contributed by atoms with E-state index in [0.29, 0.717) is 36.9 Å². The monoisotopic (exact) mass is 528 g/mol. The molecule has 36 heavy (non-hydrogen) atoms. The maximum atomic E-state index is 12.1. The minimum atomic E-state index is -0.346. The van der Waals surface area contributed by atoms with Gasteiger partial charge >= 0.3 is 6.03 Å². The summed E-state index contributed by atoms with van der Waals surface area (Å²) >= 11 is 2.34. The molecule has 0 saturated heterocycles. The van der Waals surface area contributed by atoms with E-state index < -0.39 is 0 Å². The molecule has 1 aromatic carbocycles. The number of benzene rings is 1. The fourth-order valence-electron chi connectivity index (χ4n) is 3.12. The van der Waals surface area contributed by atoms with Gasteiger partial charge in [0.05, 0.1) is 12.1 Å². The summed E-state index contributed by atoms with van der Waals surface area (Å²) in [5.41, 5.74) is 6.31. The van der Waals surface area contributed by atoms with Crippen molar-refractivity contribution in [2.45, 2.75) is 45.4 Å². The summed E-state index contributed by atoms with van der Waals surface area (Å²) in [6, 6.07) is 5.03. The predicted molar refractivity (Wildman–Crippen MR) is 147 cm³/mol. The topological polar surface area (TPSA) is 93.7 Å². The molecule has 0 saturated carbocycles. The van der Waals surface area contributed by atoms with Crippen LogP contribution in [0.2, 0.25) is 0 Å². The molecule has 1 atom stereocenters. The highest BCUT2D eigenvalue weighted by molar-refractivity contribution is 7.93. The molecule has 1 aromatic heterocycles. The normalized spacial score (nSPS) is 10.8. The number of nitrogens with zero attached hydrogens (tertiary/aromatic N) is 1. The van der Waals surface area contributed by atoms with Crippen molar-refractivity contribution in [3.05, 3.63) is 18.2 Å². The molecule has 2 aromatic rings. The zero-order valence-corrected chi connectivity index (χ0v) is 22.3. The fourth-order valence-corrected chi connectivity index (χ4v) is 3.97. The van der Waals surface area contributed by atoms with Crippen LogP contribution < -0.4 is 21.1 Å². The molecule has 0 spiro atoms. The highest BCUT2D eigenvalue weighted by atomic mass is 32.2. The molecule has 2 amide bonds. The Labute approximate surface area is 221 Å². The van der Waals surface area contributed by atoms with Gasteiger partial charge in [-0.25, -0.2) is 4.79 Å². The number of urea groups is 1. The number of amides is 2. The molecule has 10 heteroatoms. The first-order chi connectivity index (χ1) is 17.7. The van der Waals surface area contributed by atoms with E-state index in [1.807, 2.05) is 6.07 Å². The Kier molecular flexibility index (Phi) is 14.8. The van der Waals surface area contributed by atoms with Crippen molar-refractivity contribution in [1.29, 1.82) is 0 Å². The van der Waals surface area contributed by atoms with Crippen LogP contribution in [0.4, 0.5) is 9.80 Å². The van der Waals surface area contributed by atoms with Gasteiger partial charge in [0, 0.05) is 42.8 Å². The Bertz CT molecular complexity index is 1110. The van der Waals surface area contributed by atoms with Crippen LogP contribution in [-0.2, 0) is 9.07 Å². The number of fused-ring (bicyclic) bond motifs is 1. The predicted octanol–water partition coefficient (Wildman–Crippen LogP) is 5.14. The number of anilines is 1. The molecule has 0 aliphatic heterocycles. The summed E-state index contributed by atoms with van der Waals surface area (Å²) in [5, 5.41) is 4.30. The van der Waals surface area contributed by atoms with Gasteiger partial charge < -0.3 is 14.9 Å². The van der Waals surface area contributed by atoms with Gasteiger partial charge in [0.15, 0.2) is 5.75 Å². The van der Waals surface area contributed by atoms with Crippen molar-refractivity contribution in [2.24, 2.45) is 5.92 Å². The maximum Gasteiger partial charge on any atom is 0.333 e. The number of hydrogen-bond donors (Lipinski definition) is 3. The molecule has 0 aliphatic rings. The lowest BCUT2D eigenvalue weighted by Crippen LogP contribution is -2.39. The van der Waals surface area contributed by atoms with Gasteiger partial charge in [0.25, 0.3) is 0 Å². The van der Waals surface area contributed by atoms with Crippen LogP contribution in [0.1, 0.15) is 45.4 Å². The third-order valence-electron chi connectivity index (χ3n) is 4.89. The molecule has 0 aliphatic carbocycles. The summed E-state index contributed by atoms with van der Waals surface area (Å²) in [6.07, 6.45) is 13.3. The molecule has 0 radical (unpaired) electrons. The summed E-state index contributed by atoms with van der Waals surface area (Å²) in [5.74, 6) is 14.1. The number of aromatic nitrogens is 1. The van der Waals surface area contributed by atoms with E-state index in [1.165, 1.54) is 30.8 Å². The van der Waals surface area contributed by atoms with Crippen molar-refractivity contribution in [1.82, 2.24) is 15.1 Å². The number of hydrazine groups is 1. The summed E-state index contributed by atoms with van der Waals surface area (Å²) in [6.45, 7) is 3.73. The van der Waals surface area contributed by atoms with Crippen molar-refractivity contribution in [3.63, 3.8) is 0 Å². The maximum absolute atomic E-state index is 12.1. The summed E-state index contributed by atoms with van der Waals surface area (Å²) in [4.78, 5) is 17.3. The Morgan fingerprint density at radius 1 is 1.22 bits per heavy atom. The number of carbonyl (C=O) groups is 1. The Balaban J connectivity index is 1.67. The van der Waals surface area contributed by atoms with Crippen LogP contribution in [0.5, 0.6) is 5.75 Å². The van der Waals surface area contributed by atoms with Crippen LogP contribution in [0, 0.1) is 41.9 Å². The molecule has 192 valence electrons. The standard InChI is InChI=1S/C26H32N4O4S2/c1-4-6-8-10-13-21(14-11-9-7-5-2)20-32-18-12-17-27-26(31)29-28-25-23-19-22(33-34-35-3)15-16-24(23)30-36-25/h1,15-16,19,21,28H,5,7,9,11-12,14,17-18,20H2,2-3H3,(H2,27,29,31). The van der Waals surface area contributed by atoms with E-state index in [-0.39, 0.29) is 11.9 Å². The highest BCUT2D eigenvalue weighted by Crippen LogP contribution is 2.30. The zero-order valence-electron chi connectivity index (χ0n) is 20.6. The molecule has 0 bridgehead atoms. The number of rotatable bonds is 16. The average Bonchev–Trinajstić information content (AvgIpc) is 3.30. The second-order valence-corrected chi connectivity index (χ2v) is 8.90. The molecular formula is C26H32N4O4S2. The molecule has 8 nitrogen and oxygen atoms in total. The molecule has 1 unspecified atom stereocenters. The van der Waals surface area contributed by atoms with Gasteiger partial charge in [-0.2, -0.15) is 4.37 Å². The minimum Gasteiger partial charge on any atom is -0.380 e. The Morgan fingerprint density at radius 2 is 2.11 bits per heavy atom. The summed E-state index contributed by atoms with van der Waals surface area (Å²) < 4.78 is 15.0. The second kappa shape index (κ2) is 18.2. The van der Waals surface area contributed by atoms with Gasteiger partial charge in [-0.15, -0.1) is 10.8 Å². The molecule has 1 heterocycles. The van der Waals surface area contributed by atoms with E-state index >= 15 is 0 Å². The van der Waals surface area contributed by atoms with E-state index in [9.17, 15) is 4.79 Å². The second-order valence-electron chi connectivity index (χ2n) is 7.65. The van der Waals surface area contributed by atoms with Gasteiger partial charge in [-0.05, 0) is 66.3 Å². The first-order valence-corrected chi connectivity index (χ1v) is 13.7. The lowest BCUT2D eigenvalue weighted by Gasteiger charge is -2.12. The van der Waals surface area contributed by atoms with E-state index in [1.54, 1.807) is 18.4 Å². The van der Waals surface area contributed by atoms with E-state index in [2.05, 4.69) is 57.1 Å². The van der Waals surface area contributed by atoms with Crippen LogP contribution in [0.15, 0.2) is 18.2 Å². The van der Waals surface area contributed by atoms with Crippen LogP contribution in [0.3, 0.4) is 0 Å². The van der Waals surface area contributed by atoms with Crippen LogP contribution in [-0.4, -0.2) is 36.4 Å². The highest BCUT2D eigenvalue weighted by Gasteiger charge is 2.10. The van der Waals surface area contributed by atoms with Gasteiger partial charge in [0.2, 0.25) is 0 Å². The smallest absolute Gasteiger partial charge is 0.333 e. The lowest BCUT2D eigenvalue weighted by molar-refractivity contribution is -0.0769. The lowest BCUT2D eigenvalue weighted by atomic mass is 10.0. The number of terminal acetylenes is 1. The number of ether oxygens (including phenoxy) is 1. The quantitative estimate of drug-likeness (QED) is 0.0913. The van der Waals surface area contributed by atoms with Crippen LogP contribution in [0.25, 0.3) is 10.9 Å². The number of unbranched alkanes of at least 4 members (excludes halogenated alkanes) is 3. The first kappa shape index (κ1) is 29.2. The Morgan fingerprint density at radius 3 is 2.92 bits per heavy atom. The van der Waals surface area contributed by atoms with E-state index in [4.69, 9.17) is 20.4 Å². The van der Waals surface area contributed by atoms with Gasteiger partial charge in [-0.3, -0.25) is 10.9 Å². The van der Waals surface area contributed by atoms with Crippen molar-refractivity contribution in [3.8, 4) is 41.8 Å². The van der Waals surface area contributed by atoms with E-state index in [0.717, 1.165) is 35.8 Å². The number of hydrogen-bond acceptors (Lipinski definition) is 8. The molecule has 3 N–H and O–H groups in total. The van der Waals surface area contributed by atoms with Gasteiger partial charge in [0.1, 0.15) is 5.00 Å². The Hall–Kier alpha value is -3.07. The first-order valence-electron chi connectivity index (χ1n) is 11.8. The van der Waals surface area contributed by atoms with Gasteiger partial charge in [-0.1, -0.05) is 38.5 Å². The SMILES string of the molecule is C#CC#CC#CC(CCCCCC)COCCCNC(=O)NNc1snc2ccc(OOSC)cc12. The summed E-state index contributed by atoms with van der Waals surface area (Å²) in [7, 11) is 0. The fraction of sp³-hybridized carbons (Fsp3) is 0.462. The number of nitrogens with one attached hydrogen (secondary N) is 3. The third-order valence-corrected chi connectivity index (χ3v) is 5.88. The van der Waals surface area contributed by atoms with Crippen LogP contribution >= 0.6 is 23.6 Å². The average molecular weight is 529 g/mol. The minimum absolute atomic E-state index is 0.127. The molecule has 0 fully saturated rings. The van der Waals surface area contributed by atoms with Crippen molar-refractivity contribution >= 4 is 45.5 Å². The largest absolute Gasteiger partial charge is 0.380 e. The molecule has 2 rings (SSSR count). The molecular weight excluding hydrogens is 496 g/mol. The third kappa shape index (κ3) is 11.6. The van der Waals surface area contributed by atoms with Crippen molar-refractivity contribution in [2.75, 3.05) is 31.4 Å². The number of carbonyl (C=O) groups excluding carboxylic acids is 1. The zero-order chi connectivity index (χ0) is 25.8. The van der Waals surface area contributed by atoms with Crippen molar-refractivity contribution < 1.29 is 18.8 Å².